The molecule has 1 rings (SSSR count). The molecule has 0 aliphatic carbocycles. The summed E-state index contributed by atoms with van der Waals surface area (Å²) in [6.45, 7) is 8.50. The second kappa shape index (κ2) is 5.72. The number of oxazole rings is 1. The van der Waals surface area contributed by atoms with E-state index in [9.17, 15) is 0 Å². The molecule has 1 heterocycles. The third-order valence-corrected chi connectivity index (χ3v) is 3.40. The summed E-state index contributed by atoms with van der Waals surface area (Å²) in [5.41, 5.74) is 1.02. The van der Waals surface area contributed by atoms with Gasteiger partial charge in [-0.15, -0.1) is 0 Å². The Hall–Kier alpha value is -0.500. The molecule has 0 radical (unpaired) electrons. The quantitative estimate of drug-likeness (QED) is 0.711. The van der Waals surface area contributed by atoms with Gasteiger partial charge >= 0.3 is 0 Å². The molecule has 0 spiro atoms. The van der Waals surface area contributed by atoms with Crippen LogP contribution in [0.1, 0.15) is 64.5 Å². The van der Waals surface area contributed by atoms with E-state index in [1.807, 2.05) is 6.92 Å². The molecule has 1 unspecified atom stereocenters. The summed E-state index contributed by atoms with van der Waals surface area (Å²) in [7, 11) is 0. The molecule has 16 heavy (non-hydrogen) atoms. The van der Waals surface area contributed by atoms with E-state index in [4.69, 9.17) is 16.0 Å². The van der Waals surface area contributed by atoms with Crippen LogP contribution in [0.15, 0.2) is 4.42 Å². The van der Waals surface area contributed by atoms with Crippen molar-refractivity contribution in [1.29, 1.82) is 0 Å². The molecule has 2 nitrogen and oxygen atoms in total. The molecule has 0 fully saturated rings. The van der Waals surface area contributed by atoms with Crippen LogP contribution in [0, 0.1) is 6.92 Å². The fourth-order valence-electron chi connectivity index (χ4n) is 2.25. The van der Waals surface area contributed by atoms with Gasteiger partial charge in [0.05, 0.1) is 0 Å². The lowest BCUT2D eigenvalue weighted by Gasteiger charge is -2.27. The Morgan fingerprint density at radius 2 is 1.94 bits per heavy atom. The molecule has 0 aromatic carbocycles. The zero-order valence-electron chi connectivity index (χ0n) is 10.8. The summed E-state index contributed by atoms with van der Waals surface area (Å²) in [4.78, 5) is 4.46. The molecule has 3 heteroatoms. The highest BCUT2D eigenvalue weighted by molar-refractivity contribution is 6.29. The second-order valence-corrected chi connectivity index (χ2v) is 5.11. The maximum absolute atomic E-state index is 6.11. The van der Waals surface area contributed by atoms with Gasteiger partial charge in [0, 0.05) is 12.3 Å². The monoisotopic (exact) mass is 243 g/mol. The van der Waals surface area contributed by atoms with Crippen LogP contribution in [0.5, 0.6) is 0 Å². The van der Waals surface area contributed by atoms with E-state index in [2.05, 4.69) is 25.8 Å². The molecule has 0 saturated heterocycles. The van der Waals surface area contributed by atoms with E-state index in [-0.39, 0.29) is 5.41 Å². The average Bonchev–Trinajstić information content (AvgIpc) is 2.56. The predicted molar refractivity (Wildman–Crippen MR) is 68.0 cm³/mol. The Kier molecular flexibility index (Phi) is 4.85. The van der Waals surface area contributed by atoms with E-state index in [0.29, 0.717) is 11.1 Å². The van der Waals surface area contributed by atoms with E-state index < -0.39 is 0 Å². The number of aryl methyl sites for hydroxylation is 1. The van der Waals surface area contributed by atoms with Gasteiger partial charge < -0.3 is 4.42 Å². The summed E-state index contributed by atoms with van der Waals surface area (Å²) in [6, 6.07) is 0. The van der Waals surface area contributed by atoms with Crippen molar-refractivity contribution >= 4 is 11.6 Å². The summed E-state index contributed by atoms with van der Waals surface area (Å²) in [6.07, 6.45) is 5.79. The van der Waals surface area contributed by atoms with Crippen molar-refractivity contribution in [2.24, 2.45) is 0 Å². The van der Waals surface area contributed by atoms with Crippen LogP contribution in [-0.2, 0) is 5.41 Å². The van der Waals surface area contributed by atoms with E-state index in [0.717, 1.165) is 25.0 Å². The first-order valence-corrected chi connectivity index (χ1v) is 6.54. The standard InChI is InChI=1S/C13H22ClNO/c1-5-7-9-13(4,8-6-2)11-12(14)16-10(3)15-11/h5-9H2,1-4H3. The Labute approximate surface area is 103 Å². The Morgan fingerprint density at radius 3 is 2.38 bits per heavy atom. The van der Waals surface area contributed by atoms with Crippen molar-refractivity contribution in [3.63, 3.8) is 0 Å². The molecule has 1 atom stereocenters. The van der Waals surface area contributed by atoms with E-state index in [1.165, 1.54) is 12.8 Å². The number of hydrogen-bond acceptors (Lipinski definition) is 2. The van der Waals surface area contributed by atoms with Gasteiger partial charge in [0.25, 0.3) is 0 Å². The molecule has 92 valence electrons. The van der Waals surface area contributed by atoms with Gasteiger partial charge in [-0.3, -0.25) is 0 Å². The summed E-state index contributed by atoms with van der Waals surface area (Å²) >= 11 is 6.11. The number of rotatable bonds is 6. The van der Waals surface area contributed by atoms with Crippen molar-refractivity contribution in [3.8, 4) is 0 Å². The number of halogens is 1. The van der Waals surface area contributed by atoms with Crippen LogP contribution in [0.2, 0.25) is 5.22 Å². The highest BCUT2D eigenvalue weighted by Crippen LogP contribution is 2.37. The van der Waals surface area contributed by atoms with Gasteiger partial charge in [0.1, 0.15) is 5.69 Å². The molecule has 1 aromatic rings. The van der Waals surface area contributed by atoms with Crippen LogP contribution in [-0.4, -0.2) is 4.98 Å². The van der Waals surface area contributed by atoms with Crippen LogP contribution in [0.3, 0.4) is 0 Å². The van der Waals surface area contributed by atoms with Gasteiger partial charge in [-0.2, -0.15) is 0 Å². The Morgan fingerprint density at radius 1 is 1.25 bits per heavy atom. The topological polar surface area (TPSA) is 26.0 Å². The zero-order chi connectivity index (χ0) is 12.2. The summed E-state index contributed by atoms with van der Waals surface area (Å²) in [5, 5.41) is 0.476. The van der Waals surface area contributed by atoms with Crippen LogP contribution >= 0.6 is 11.6 Å². The van der Waals surface area contributed by atoms with Gasteiger partial charge in [-0.05, 0) is 24.4 Å². The van der Waals surface area contributed by atoms with Crippen molar-refractivity contribution in [2.75, 3.05) is 0 Å². The first kappa shape index (κ1) is 13.6. The number of unbranched alkanes of at least 4 members (excludes halogenated alkanes) is 1. The first-order chi connectivity index (χ1) is 7.53. The third kappa shape index (κ3) is 3.00. The molecule has 0 saturated carbocycles. The maximum Gasteiger partial charge on any atom is 0.217 e. The molecular formula is C13H22ClNO. The van der Waals surface area contributed by atoms with Gasteiger partial charge in [-0.1, -0.05) is 40.0 Å². The minimum atomic E-state index is 0.0691. The molecule has 0 aliphatic rings. The minimum absolute atomic E-state index is 0.0691. The number of aromatic nitrogens is 1. The van der Waals surface area contributed by atoms with Crippen LogP contribution < -0.4 is 0 Å². The maximum atomic E-state index is 6.11. The van der Waals surface area contributed by atoms with Crippen LogP contribution in [0.25, 0.3) is 0 Å². The summed E-state index contributed by atoms with van der Waals surface area (Å²) in [5.74, 6) is 0.666. The molecular weight excluding hydrogens is 222 g/mol. The lowest BCUT2D eigenvalue weighted by Crippen LogP contribution is -2.22. The first-order valence-electron chi connectivity index (χ1n) is 6.17. The zero-order valence-corrected chi connectivity index (χ0v) is 11.5. The Bertz CT molecular complexity index is 335. The molecule has 0 bridgehead atoms. The normalized spacial score (nSPS) is 15.1. The minimum Gasteiger partial charge on any atom is -0.429 e. The largest absolute Gasteiger partial charge is 0.429 e. The second-order valence-electron chi connectivity index (χ2n) is 4.77. The fourth-order valence-corrected chi connectivity index (χ4v) is 2.64. The van der Waals surface area contributed by atoms with Crippen molar-refractivity contribution in [2.45, 2.75) is 65.2 Å². The highest BCUT2D eigenvalue weighted by Gasteiger charge is 2.31. The van der Waals surface area contributed by atoms with Gasteiger partial charge in [0.15, 0.2) is 5.89 Å². The molecule has 0 amide bonds. The lowest BCUT2D eigenvalue weighted by molar-refractivity contribution is 0.372. The van der Waals surface area contributed by atoms with Crippen molar-refractivity contribution in [1.82, 2.24) is 4.98 Å². The van der Waals surface area contributed by atoms with Crippen molar-refractivity contribution < 1.29 is 4.42 Å². The Balaban J connectivity index is 2.95. The smallest absolute Gasteiger partial charge is 0.217 e. The van der Waals surface area contributed by atoms with Gasteiger partial charge in [-0.25, -0.2) is 4.98 Å². The lowest BCUT2D eigenvalue weighted by atomic mass is 9.78. The number of nitrogens with zero attached hydrogens (tertiary/aromatic N) is 1. The SMILES string of the molecule is CCCCC(C)(CCC)c1nc(C)oc1Cl. The molecule has 0 aliphatic heterocycles. The van der Waals surface area contributed by atoms with Gasteiger partial charge in [0.2, 0.25) is 5.22 Å². The highest BCUT2D eigenvalue weighted by atomic mass is 35.5. The van der Waals surface area contributed by atoms with Crippen molar-refractivity contribution in [3.05, 3.63) is 16.8 Å². The molecule has 0 N–H and O–H groups in total. The third-order valence-electron chi connectivity index (χ3n) is 3.15. The van der Waals surface area contributed by atoms with E-state index >= 15 is 0 Å². The average molecular weight is 244 g/mol. The van der Waals surface area contributed by atoms with E-state index in [1.54, 1.807) is 0 Å². The predicted octanol–water partition coefficient (Wildman–Crippen LogP) is 4.88. The van der Waals surface area contributed by atoms with Crippen LogP contribution in [0.4, 0.5) is 0 Å². The number of hydrogen-bond donors (Lipinski definition) is 0. The fraction of sp³-hybridized carbons (Fsp3) is 0.769. The summed E-state index contributed by atoms with van der Waals surface area (Å²) < 4.78 is 5.34. The molecule has 1 aromatic heterocycles.